The number of carbonyl (C=O) groups excluding carboxylic acids is 1. The number of carbonyl (C=O) groups is 1. The second-order valence-corrected chi connectivity index (χ2v) is 7.38. The SMILES string of the molecule is C=CCn1c(=NC(=O)c2ccc(OC)c(OC)c2)sc2c3ccccc3ccc21. The van der Waals surface area contributed by atoms with Crippen LogP contribution in [-0.4, -0.2) is 24.7 Å². The first-order valence-electron chi connectivity index (χ1n) is 9.09. The van der Waals surface area contributed by atoms with Crippen LogP contribution in [0.25, 0.3) is 21.0 Å². The second kappa shape index (κ2) is 7.93. The second-order valence-electron chi connectivity index (χ2n) is 6.41. The van der Waals surface area contributed by atoms with Crippen molar-refractivity contribution in [2.45, 2.75) is 6.54 Å². The number of thiazole rings is 1. The van der Waals surface area contributed by atoms with Crippen molar-refractivity contribution in [3.8, 4) is 11.5 Å². The lowest BCUT2D eigenvalue weighted by Gasteiger charge is -2.07. The van der Waals surface area contributed by atoms with Crippen LogP contribution in [0.2, 0.25) is 0 Å². The van der Waals surface area contributed by atoms with Gasteiger partial charge in [0.15, 0.2) is 16.3 Å². The highest BCUT2D eigenvalue weighted by Gasteiger charge is 2.13. The minimum absolute atomic E-state index is 0.334. The molecule has 0 aliphatic rings. The quantitative estimate of drug-likeness (QED) is 0.449. The Morgan fingerprint density at radius 3 is 2.66 bits per heavy atom. The van der Waals surface area contributed by atoms with Gasteiger partial charge in [0.05, 0.1) is 24.4 Å². The lowest BCUT2D eigenvalue weighted by Crippen LogP contribution is -2.16. The number of allylic oxidation sites excluding steroid dienone is 1. The van der Waals surface area contributed by atoms with Crippen molar-refractivity contribution in [1.29, 1.82) is 0 Å². The lowest BCUT2D eigenvalue weighted by atomic mass is 10.1. The molecule has 1 heterocycles. The summed E-state index contributed by atoms with van der Waals surface area (Å²) in [4.78, 5) is 17.9. The summed E-state index contributed by atoms with van der Waals surface area (Å²) in [5.74, 6) is 0.730. The average Bonchev–Trinajstić information content (AvgIpc) is 3.11. The van der Waals surface area contributed by atoms with Crippen LogP contribution in [0.1, 0.15) is 10.4 Å². The van der Waals surface area contributed by atoms with Gasteiger partial charge in [-0.1, -0.05) is 47.7 Å². The van der Waals surface area contributed by atoms with E-state index in [9.17, 15) is 4.79 Å². The largest absolute Gasteiger partial charge is 0.493 e. The molecule has 0 unspecified atom stereocenters. The molecule has 0 aliphatic carbocycles. The molecule has 29 heavy (non-hydrogen) atoms. The summed E-state index contributed by atoms with van der Waals surface area (Å²) in [6, 6.07) is 17.4. The molecule has 6 heteroatoms. The minimum Gasteiger partial charge on any atom is -0.493 e. The molecule has 4 aromatic rings. The van der Waals surface area contributed by atoms with Crippen molar-refractivity contribution in [3.63, 3.8) is 0 Å². The Hall–Kier alpha value is -3.38. The van der Waals surface area contributed by atoms with Gasteiger partial charge >= 0.3 is 0 Å². The summed E-state index contributed by atoms with van der Waals surface area (Å²) in [7, 11) is 3.10. The lowest BCUT2D eigenvalue weighted by molar-refractivity contribution is 0.0997. The third-order valence-corrected chi connectivity index (χ3v) is 5.84. The van der Waals surface area contributed by atoms with Crippen LogP contribution in [0.4, 0.5) is 0 Å². The van der Waals surface area contributed by atoms with E-state index in [0.29, 0.717) is 28.4 Å². The number of benzene rings is 3. The molecule has 0 spiro atoms. The van der Waals surface area contributed by atoms with Crippen molar-refractivity contribution in [2.75, 3.05) is 14.2 Å². The van der Waals surface area contributed by atoms with Crippen LogP contribution >= 0.6 is 11.3 Å². The molecule has 1 aromatic heterocycles. The van der Waals surface area contributed by atoms with Crippen LogP contribution in [0.15, 0.2) is 72.2 Å². The van der Waals surface area contributed by atoms with Gasteiger partial charge < -0.3 is 14.0 Å². The third kappa shape index (κ3) is 3.43. The first-order valence-corrected chi connectivity index (χ1v) is 9.91. The van der Waals surface area contributed by atoms with Gasteiger partial charge in [0.2, 0.25) is 0 Å². The van der Waals surface area contributed by atoms with Crippen LogP contribution in [0.3, 0.4) is 0 Å². The Bertz CT molecular complexity index is 1300. The Morgan fingerprint density at radius 2 is 1.90 bits per heavy atom. The molecule has 3 aromatic carbocycles. The number of aromatic nitrogens is 1. The fourth-order valence-electron chi connectivity index (χ4n) is 3.31. The van der Waals surface area contributed by atoms with E-state index in [0.717, 1.165) is 21.0 Å². The molecular weight excluding hydrogens is 384 g/mol. The summed E-state index contributed by atoms with van der Waals surface area (Å²) in [6.07, 6.45) is 1.81. The fourth-order valence-corrected chi connectivity index (χ4v) is 4.48. The standard InChI is InChI=1S/C23H20N2O3S/c1-4-13-25-18-11-9-15-7-5-6-8-17(15)21(18)29-23(25)24-22(26)16-10-12-19(27-2)20(14-16)28-3/h4-12,14H,1,13H2,2-3H3. The van der Waals surface area contributed by atoms with Gasteiger partial charge in [-0.2, -0.15) is 4.99 Å². The molecular formula is C23H20N2O3S. The zero-order valence-corrected chi connectivity index (χ0v) is 17.0. The number of hydrogen-bond donors (Lipinski definition) is 0. The zero-order chi connectivity index (χ0) is 20.4. The van der Waals surface area contributed by atoms with Gasteiger partial charge in [-0.25, -0.2) is 0 Å². The molecule has 0 aliphatic heterocycles. The molecule has 0 fully saturated rings. The van der Waals surface area contributed by atoms with Crippen molar-refractivity contribution >= 4 is 38.2 Å². The highest BCUT2D eigenvalue weighted by atomic mass is 32.1. The Balaban J connectivity index is 1.89. The molecule has 5 nitrogen and oxygen atoms in total. The van der Waals surface area contributed by atoms with Crippen molar-refractivity contribution in [2.24, 2.45) is 4.99 Å². The number of amides is 1. The van der Waals surface area contributed by atoms with E-state index >= 15 is 0 Å². The summed E-state index contributed by atoms with van der Waals surface area (Å²) in [6.45, 7) is 4.42. The monoisotopic (exact) mass is 404 g/mol. The van der Waals surface area contributed by atoms with Crippen LogP contribution in [-0.2, 0) is 6.54 Å². The molecule has 0 radical (unpaired) electrons. The number of rotatable bonds is 5. The molecule has 0 bridgehead atoms. The van der Waals surface area contributed by atoms with Gasteiger partial charge in [0.25, 0.3) is 5.91 Å². The first-order chi connectivity index (χ1) is 14.2. The Kier molecular flexibility index (Phi) is 5.18. The maximum atomic E-state index is 12.9. The average molecular weight is 404 g/mol. The van der Waals surface area contributed by atoms with Gasteiger partial charge in [-0.15, -0.1) is 6.58 Å². The molecule has 146 valence electrons. The van der Waals surface area contributed by atoms with E-state index in [1.54, 1.807) is 38.5 Å². The van der Waals surface area contributed by atoms with Crippen LogP contribution in [0, 0.1) is 0 Å². The van der Waals surface area contributed by atoms with E-state index in [2.05, 4.69) is 35.8 Å². The highest BCUT2D eigenvalue weighted by Crippen LogP contribution is 2.29. The van der Waals surface area contributed by atoms with Crippen molar-refractivity contribution < 1.29 is 14.3 Å². The number of hydrogen-bond acceptors (Lipinski definition) is 4. The molecule has 0 N–H and O–H groups in total. The van der Waals surface area contributed by atoms with Crippen molar-refractivity contribution in [1.82, 2.24) is 4.57 Å². The van der Waals surface area contributed by atoms with Crippen LogP contribution in [0.5, 0.6) is 11.5 Å². The van der Waals surface area contributed by atoms with Gasteiger partial charge in [0.1, 0.15) is 0 Å². The number of nitrogens with zero attached hydrogens (tertiary/aromatic N) is 2. The third-order valence-electron chi connectivity index (χ3n) is 4.71. The van der Waals surface area contributed by atoms with Gasteiger partial charge in [-0.3, -0.25) is 4.79 Å². The smallest absolute Gasteiger partial charge is 0.279 e. The van der Waals surface area contributed by atoms with Gasteiger partial charge in [0, 0.05) is 17.5 Å². The van der Waals surface area contributed by atoms with E-state index in [-0.39, 0.29) is 5.91 Å². The normalized spacial score (nSPS) is 11.7. The Labute approximate surface area is 172 Å². The summed E-state index contributed by atoms with van der Waals surface area (Å²) < 4.78 is 13.7. The zero-order valence-electron chi connectivity index (χ0n) is 16.2. The van der Waals surface area contributed by atoms with E-state index < -0.39 is 0 Å². The number of methoxy groups -OCH3 is 2. The number of ether oxygens (including phenoxy) is 2. The van der Waals surface area contributed by atoms with E-state index in [4.69, 9.17) is 9.47 Å². The van der Waals surface area contributed by atoms with E-state index in [1.165, 1.54) is 11.3 Å². The van der Waals surface area contributed by atoms with Crippen LogP contribution < -0.4 is 14.3 Å². The highest BCUT2D eigenvalue weighted by molar-refractivity contribution is 7.17. The predicted molar refractivity (Wildman–Crippen MR) is 117 cm³/mol. The molecule has 0 atom stereocenters. The van der Waals surface area contributed by atoms with Crippen molar-refractivity contribution in [3.05, 3.63) is 77.6 Å². The Morgan fingerprint density at radius 1 is 1.10 bits per heavy atom. The minimum atomic E-state index is -0.334. The fraction of sp³-hybridized carbons (Fsp3) is 0.130. The predicted octanol–water partition coefficient (Wildman–Crippen LogP) is 4.80. The summed E-state index contributed by atoms with van der Waals surface area (Å²) in [5, 5.41) is 2.30. The van der Waals surface area contributed by atoms with E-state index in [1.807, 2.05) is 16.7 Å². The molecule has 4 rings (SSSR count). The first kappa shape index (κ1) is 19.0. The summed E-state index contributed by atoms with van der Waals surface area (Å²) >= 11 is 1.51. The summed E-state index contributed by atoms with van der Waals surface area (Å²) in [5.41, 5.74) is 1.47. The maximum absolute atomic E-state index is 12.9. The topological polar surface area (TPSA) is 52.8 Å². The molecule has 0 saturated carbocycles. The maximum Gasteiger partial charge on any atom is 0.279 e. The van der Waals surface area contributed by atoms with Gasteiger partial charge in [-0.05, 0) is 29.7 Å². The number of fused-ring (bicyclic) bond motifs is 3. The molecule has 1 amide bonds. The molecule has 0 saturated heterocycles.